The van der Waals surface area contributed by atoms with Gasteiger partial charge in [-0.25, -0.2) is 0 Å². The first-order valence-corrected chi connectivity index (χ1v) is 8.25. The lowest BCUT2D eigenvalue weighted by Gasteiger charge is -2.22. The Bertz CT molecular complexity index is 505. The lowest BCUT2D eigenvalue weighted by molar-refractivity contribution is -0.137. The molecule has 1 fully saturated rings. The molecule has 1 aliphatic rings. The molecule has 1 saturated heterocycles. The number of nitrogens with one attached hydrogen (secondary N) is 1. The van der Waals surface area contributed by atoms with E-state index in [1.807, 2.05) is 23.5 Å². The molecule has 0 bridgehead atoms. The van der Waals surface area contributed by atoms with Crippen LogP contribution in [-0.2, 0) is 6.18 Å². The molecular weight excluding hydrogens is 305 g/mol. The number of hydrogen-bond acceptors (Lipinski definition) is 4. The Balaban J connectivity index is 2.07. The van der Waals surface area contributed by atoms with Crippen LogP contribution in [0.5, 0.6) is 0 Å². The van der Waals surface area contributed by atoms with Crippen LogP contribution < -0.4 is 5.32 Å². The average molecular weight is 318 g/mol. The Hall–Kier alpha value is -1.00. The van der Waals surface area contributed by atoms with Crippen molar-refractivity contribution in [2.45, 2.75) is 11.4 Å². The molecule has 1 atom stereocenters. The Morgan fingerprint density at radius 1 is 1.35 bits per heavy atom. The molecule has 0 amide bonds. The summed E-state index contributed by atoms with van der Waals surface area (Å²) in [6.45, 7) is 0.640. The van der Waals surface area contributed by atoms with Gasteiger partial charge in [0, 0.05) is 34.7 Å². The molecule has 1 aromatic rings. The number of rotatable bonds is 3. The van der Waals surface area contributed by atoms with Crippen LogP contribution in [0.2, 0.25) is 0 Å². The van der Waals surface area contributed by atoms with Gasteiger partial charge in [-0.3, -0.25) is 0 Å². The highest BCUT2D eigenvalue weighted by Gasteiger charge is 2.33. The fourth-order valence-electron chi connectivity index (χ4n) is 1.87. The van der Waals surface area contributed by atoms with E-state index < -0.39 is 11.7 Å². The van der Waals surface area contributed by atoms with E-state index in [1.54, 1.807) is 6.07 Å². The summed E-state index contributed by atoms with van der Waals surface area (Å²) in [5.41, 5.74) is -0.811. The molecule has 0 aliphatic carbocycles. The SMILES string of the molecule is N#Cc1ccc(NCC2CSCCS2)cc1C(F)(F)F. The summed E-state index contributed by atoms with van der Waals surface area (Å²) >= 11 is 3.71. The summed E-state index contributed by atoms with van der Waals surface area (Å²) in [5.74, 6) is 3.23. The van der Waals surface area contributed by atoms with E-state index in [1.165, 1.54) is 12.1 Å². The smallest absolute Gasteiger partial charge is 0.384 e. The molecule has 1 aromatic carbocycles. The standard InChI is InChI=1S/C13H13F3N2S2/c14-13(15,16)12-5-10(2-1-9(12)6-17)18-7-11-8-19-3-4-20-11/h1-2,5,11,18H,3-4,7-8H2. The van der Waals surface area contributed by atoms with Gasteiger partial charge in [0.1, 0.15) is 0 Å². The number of hydrogen-bond donors (Lipinski definition) is 1. The van der Waals surface area contributed by atoms with Crippen molar-refractivity contribution in [3.05, 3.63) is 29.3 Å². The van der Waals surface area contributed by atoms with E-state index in [4.69, 9.17) is 5.26 Å². The zero-order chi connectivity index (χ0) is 14.6. The Morgan fingerprint density at radius 2 is 2.15 bits per heavy atom. The van der Waals surface area contributed by atoms with Crippen LogP contribution in [0.3, 0.4) is 0 Å². The minimum Gasteiger partial charge on any atom is -0.384 e. The van der Waals surface area contributed by atoms with Crippen LogP contribution in [0.25, 0.3) is 0 Å². The Morgan fingerprint density at radius 3 is 2.75 bits per heavy atom. The molecule has 1 aliphatic heterocycles. The molecule has 2 rings (SSSR count). The molecule has 0 aromatic heterocycles. The molecular formula is C13H13F3N2S2. The first-order valence-electron chi connectivity index (χ1n) is 6.05. The Labute approximate surface area is 124 Å². The topological polar surface area (TPSA) is 35.8 Å². The lowest BCUT2D eigenvalue weighted by Crippen LogP contribution is -2.23. The van der Waals surface area contributed by atoms with Gasteiger partial charge in [0.2, 0.25) is 0 Å². The van der Waals surface area contributed by atoms with Gasteiger partial charge in [-0.1, -0.05) is 0 Å². The molecule has 2 nitrogen and oxygen atoms in total. The summed E-state index contributed by atoms with van der Waals surface area (Å²) in [6.07, 6.45) is -4.50. The largest absolute Gasteiger partial charge is 0.417 e. The van der Waals surface area contributed by atoms with E-state index in [9.17, 15) is 13.2 Å². The van der Waals surface area contributed by atoms with Gasteiger partial charge in [-0.05, 0) is 18.2 Å². The number of nitrogens with zero attached hydrogens (tertiary/aromatic N) is 1. The summed E-state index contributed by atoms with van der Waals surface area (Å²) in [6, 6.07) is 5.33. The van der Waals surface area contributed by atoms with Gasteiger partial charge >= 0.3 is 6.18 Å². The van der Waals surface area contributed by atoms with Gasteiger partial charge in [0.15, 0.2) is 0 Å². The second-order valence-electron chi connectivity index (χ2n) is 4.32. The molecule has 20 heavy (non-hydrogen) atoms. The Kier molecular flexibility index (Phi) is 5.11. The van der Waals surface area contributed by atoms with Crippen molar-refractivity contribution in [3.63, 3.8) is 0 Å². The van der Waals surface area contributed by atoms with Crippen molar-refractivity contribution in [3.8, 4) is 6.07 Å². The van der Waals surface area contributed by atoms with Gasteiger partial charge in [0.25, 0.3) is 0 Å². The summed E-state index contributed by atoms with van der Waals surface area (Å²) in [4.78, 5) is 0. The maximum atomic E-state index is 12.8. The van der Waals surface area contributed by atoms with Crippen LogP contribution in [0.15, 0.2) is 18.2 Å². The van der Waals surface area contributed by atoms with Crippen LogP contribution in [-0.4, -0.2) is 29.1 Å². The van der Waals surface area contributed by atoms with Crippen molar-refractivity contribution in [2.24, 2.45) is 0 Å². The van der Waals surface area contributed by atoms with Crippen molar-refractivity contribution in [2.75, 3.05) is 29.1 Å². The maximum absolute atomic E-state index is 12.8. The van der Waals surface area contributed by atoms with Gasteiger partial charge < -0.3 is 5.32 Å². The quantitative estimate of drug-likeness (QED) is 0.918. The third-order valence-corrected chi connectivity index (χ3v) is 5.71. The summed E-state index contributed by atoms with van der Waals surface area (Å²) in [7, 11) is 0. The zero-order valence-electron chi connectivity index (χ0n) is 10.5. The molecule has 1 N–H and O–H groups in total. The predicted octanol–water partition coefficient (Wildman–Crippen LogP) is 3.84. The highest BCUT2D eigenvalue weighted by Crippen LogP contribution is 2.33. The number of benzene rings is 1. The first-order chi connectivity index (χ1) is 9.50. The average Bonchev–Trinajstić information content (AvgIpc) is 2.45. The van der Waals surface area contributed by atoms with E-state index in [-0.39, 0.29) is 5.56 Å². The summed E-state index contributed by atoms with van der Waals surface area (Å²) in [5, 5.41) is 12.2. The zero-order valence-corrected chi connectivity index (χ0v) is 12.2. The fourth-order valence-corrected chi connectivity index (χ4v) is 4.48. The third kappa shape index (κ3) is 4.00. The van der Waals surface area contributed by atoms with Crippen LogP contribution in [0.1, 0.15) is 11.1 Å². The minimum atomic E-state index is -4.50. The van der Waals surface area contributed by atoms with Gasteiger partial charge in [0.05, 0.1) is 17.2 Å². The highest BCUT2D eigenvalue weighted by atomic mass is 32.2. The predicted molar refractivity (Wildman–Crippen MR) is 78.2 cm³/mol. The highest BCUT2D eigenvalue weighted by molar-refractivity contribution is 8.06. The second kappa shape index (κ2) is 6.64. The third-order valence-electron chi connectivity index (χ3n) is 2.86. The number of anilines is 1. The molecule has 0 saturated carbocycles. The lowest BCUT2D eigenvalue weighted by atomic mass is 10.1. The molecule has 108 valence electrons. The van der Waals surface area contributed by atoms with Crippen molar-refractivity contribution in [1.29, 1.82) is 5.26 Å². The van der Waals surface area contributed by atoms with Crippen molar-refractivity contribution >= 4 is 29.2 Å². The van der Waals surface area contributed by atoms with Gasteiger partial charge in [-0.15, -0.1) is 0 Å². The van der Waals surface area contributed by atoms with Crippen LogP contribution in [0, 0.1) is 11.3 Å². The van der Waals surface area contributed by atoms with E-state index in [0.29, 0.717) is 17.5 Å². The number of alkyl halides is 3. The monoisotopic (exact) mass is 318 g/mol. The molecule has 7 heteroatoms. The van der Waals surface area contributed by atoms with Crippen LogP contribution >= 0.6 is 23.5 Å². The van der Waals surface area contributed by atoms with E-state index in [0.717, 1.165) is 23.3 Å². The number of thioether (sulfide) groups is 2. The number of nitriles is 1. The molecule has 0 radical (unpaired) electrons. The van der Waals surface area contributed by atoms with E-state index in [2.05, 4.69) is 5.32 Å². The summed E-state index contributed by atoms with van der Waals surface area (Å²) < 4.78 is 38.5. The van der Waals surface area contributed by atoms with Crippen molar-refractivity contribution in [1.82, 2.24) is 0 Å². The minimum absolute atomic E-state index is 0.342. The normalized spacial score (nSPS) is 19.4. The molecule has 1 unspecified atom stereocenters. The molecule has 0 spiro atoms. The second-order valence-corrected chi connectivity index (χ2v) is 6.88. The maximum Gasteiger partial charge on any atom is 0.417 e. The van der Waals surface area contributed by atoms with Crippen LogP contribution in [0.4, 0.5) is 18.9 Å². The van der Waals surface area contributed by atoms with Gasteiger partial charge in [-0.2, -0.15) is 42.0 Å². The van der Waals surface area contributed by atoms with E-state index >= 15 is 0 Å². The number of halogens is 3. The fraction of sp³-hybridized carbons (Fsp3) is 0.462. The molecule has 1 heterocycles. The van der Waals surface area contributed by atoms with Crippen molar-refractivity contribution < 1.29 is 13.2 Å². The first kappa shape index (κ1) is 15.4.